The molecule has 0 heterocycles. The summed E-state index contributed by atoms with van der Waals surface area (Å²) >= 11 is 0. The van der Waals surface area contributed by atoms with E-state index in [9.17, 15) is 19.5 Å². The van der Waals surface area contributed by atoms with Crippen LogP contribution < -0.4 is 0 Å². The molecule has 342 valence electrons. The van der Waals surface area contributed by atoms with E-state index in [2.05, 4.69) is 62.5 Å². The maximum absolute atomic E-state index is 12.8. The summed E-state index contributed by atoms with van der Waals surface area (Å²) in [5, 5.41) is 9.64. The number of esters is 2. The summed E-state index contributed by atoms with van der Waals surface area (Å²) in [6, 6.07) is -0.620. The van der Waals surface area contributed by atoms with Gasteiger partial charge in [-0.1, -0.05) is 172 Å². The van der Waals surface area contributed by atoms with Crippen molar-refractivity contribution < 1.29 is 38.2 Å². The van der Waals surface area contributed by atoms with Gasteiger partial charge in [0.15, 0.2) is 12.1 Å². The van der Waals surface area contributed by atoms with E-state index >= 15 is 0 Å². The smallest absolute Gasteiger partial charge is 0.362 e. The summed E-state index contributed by atoms with van der Waals surface area (Å²) < 4.78 is 17.3. The second-order valence-electron chi connectivity index (χ2n) is 17.4. The van der Waals surface area contributed by atoms with Crippen LogP contribution in [0.1, 0.15) is 206 Å². The van der Waals surface area contributed by atoms with Crippen molar-refractivity contribution >= 4 is 17.9 Å². The third-order valence-corrected chi connectivity index (χ3v) is 10.8. The molecule has 0 spiro atoms. The van der Waals surface area contributed by atoms with E-state index in [0.29, 0.717) is 19.3 Å². The highest BCUT2D eigenvalue weighted by Crippen LogP contribution is 2.14. The van der Waals surface area contributed by atoms with Crippen LogP contribution in [0.3, 0.4) is 0 Å². The Morgan fingerprint density at radius 1 is 0.508 bits per heavy atom. The van der Waals surface area contributed by atoms with E-state index in [1.54, 1.807) is 0 Å². The summed E-state index contributed by atoms with van der Waals surface area (Å²) in [6.45, 7) is 4.68. The van der Waals surface area contributed by atoms with Crippen molar-refractivity contribution in [2.75, 3.05) is 41.0 Å². The molecule has 0 saturated heterocycles. The van der Waals surface area contributed by atoms with Gasteiger partial charge in [-0.3, -0.25) is 9.59 Å². The van der Waals surface area contributed by atoms with E-state index in [-0.39, 0.29) is 36.2 Å². The van der Waals surface area contributed by atoms with E-state index in [4.69, 9.17) is 14.2 Å². The molecule has 0 rings (SSSR count). The molecule has 8 heteroatoms. The Bertz CT molecular complexity index is 1110. The number of unbranched alkanes of at least 4 members (excludes halogenated alkanes) is 23. The molecule has 0 aliphatic rings. The van der Waals surface area contributed by atoms with Gasteiger partial charge in [-0.15, -0.1) is 0 Å². The van der Waals surface area contributed by atoms with E-state index < -0.39 is 18.1 Å². The molecule has 2 atom stereocenters. The Kier molecular flexibility index (Phi) is 40.1. The van der Waals surface area contributed by atoms with Crippen LogP contribution in [0.5, 0.6) is 0 Å². The molecule has 2 unspecified atom stereocenters. The monoisotopic (exact) mass is 831 g/mol. The zero-order valence-electron chi connectivity index (χ0n) is 39.0. The van der Waals surface area contributed by atoms with Crippen molar-refractivity contribution in [1.82, 2.24) is 0 Å². The van der Waals surface area contributed by atoms with Gasteiger partial charge in [0.25, 0.3) is 0 Å². The number of rotatable bonds is 43. The highest BCUT2D eigenvalue weighted by molar-refractivity contribution is 5.72. The number of hydrogen-bond donors (Lipinski definition) is 1. The van der Waals surface area contributed by atoms with Gasteiger partial charge in [0.1, 0.15) is 6.61 Å². The lowest BCUT2D eigenvalue weighted by Gasteiger charge is -2.31. The largest absolute Gasteiger partial charge is 0.477 e. The molecule has 0 fully saturated rings. The molecule has 0 saturated carbocycles. The van der Waals surface area contributed by atoms with Crippen molar-refractivity contribution in [2.45, 2.75) is 219 Å². The Hall–Kier alpha value is -2.71. The molecule has 0 radical (unpaired) electrons. The Balaban J connectivity index is 4.33. The van der Waals surface area contributed by atoms with Crippen LogP contribution in [-0.2, 0) is 28.6 Å². The van der Waals surface area contributed by atoms with Crippen LogP contribution >= 0.6 is 0 Å². The van der Waals surface area contributed by atoms with Crippen LogP contribution in [0.4, 0.5) is 0 Å². The molecular weight excluding hydrogens is 739 g/mol. The molecule has 59 heavy (non-hydrogen) atoms. The maximum atomic E-state index is 12.8. The minimum atomic E-state index is -0.879. The number of carbonyl (C=O) groups is 3. The fourth-order valence-corrected chi connectivity index (χ4v) is 6.96. The molecule has 0 amide bonds. The van der Waals surface area contributed by atoms with Crippen LogP contribution in [0.25, 0.3) is 0 Å². The van der Waals surface area contributed by atoms with Gasteiger partial charge < -0.3 is 23.8 Å². The Morgan fingerprint density at radius 2 is 0.881 bits per heavy atom. The molecule has 0 aliphatic carbocycles. The fourth-order valence-electron chi connectivity index (χ4n) is 6.96. The predicted octanol–water partition coefficient (Wildman–Crippen LogP) is 13.6. The number of likely N-dealkylation sites (N-methyl/N-ethyl adjacent to an activating group) is 1. The first kappa shape index (κ1) is 56.3. The lowest BCUT2D eigenvalue weighted by molar-refractivity contribution is -0.887. The minimum absolute atomic E-state index is 0.0512. The zero-order valence-corrected chi connectivity index (χ0v) is 39.0. The normalized spacial score (nSPS) is 13.3. The van der Waals surface area contributed by atoms with E-state index in [1.807, 2.05) is 21.1 Å². The van der Waals surface area contributed by atoms with Crippen molar-refractivity contribution in [2.24, 2.45) is 0 Å². The number of hydrogen-bond acceptors (Lipinski definition) is 6. The first-order valence-corrected chi connectivity index (χ1v) is 24.2. The lowest BCUT2D eigenvalue weighted by atomic mass is 10.1. The average Bonchev–Trinajstić information content (AvgIpc) is 3.19. The maximum Gasteiger partial charge on any atom is 0.362 e. The molecule has 0 aromatic carbocycles. The topological polar surface area (TPSA) is 99.1 Å². The van der Waals surface area contributed by atoms with Gasteiger partial charge >= 0.3 is 17.9 Å². The van der Waals surface area contributed by atoms with Crippen molar-refractivity contribution in [1.29, 1.82) is 0 Å². The van der Waals surface area contributed by atoms with E-state index in [0.717, 1.165) is 51.4 Å². The highest BCUT2D eigenvalue weighted by Gasteiger charge is 2.31. The summed E-state index contributed by atoms with van der Waals surface area (Å²) in [4.78, 5) is 37.1. The van der Waals surface area contributed by atoms with Gasteiger partial charge in [-0.2, -0.15) is 0 Å². The highest BCUT2D eigenvalue weighted by atomic mass is 16.6. The quantitative estimate of drug-likeness (QED) is 0.0283. The average molecular weight is 831 g/mol. The van der Waals surface area contributed by atoms with Crippen LogP contribution in [-0.4, -0.2) is 80.6 Å². The zero-order chi connectivity index (χ0) is 43.5. The van der Waals surface area contributed by atoms with E-state index in [1.165, 1.54) is 122 Å². The van der Waals surface area contributed by atoms with Crippen molar-refractivity contribution in [3.8, 4) is 0 Å². The first-order valence-electron chi connectivity index (χ1n) is 24.2. The lowest BCUT2D eigenvalue weighted by Crippen LogP contribution is -2.50. The summed E-state index contributed by atoms with van der Waals surface area (Å²) in [5.74, 6) is -1.50. The molecule has 0 aliphatic heterocycles. The SMILES string of the molecule is CCCCC/C=C/C=C/CCCCCCCCCCCCC(=O)OC(COCCC(C(=O)O)[N+](C)(C)C)COC(=O)CCCCC/C=C/C=C/CCCCCCCCC. The Labute approximate surface area is 363 Å². The van der Waals surface area contributed by atoms with Crippen LogP contribution in [0.15, 0.2) is 48.6 Å². The van der Waals surface area contributed by atoms with Crippen LogP contribution in [0, 0.1) is 0 Å². The van der Waals surface area contributed by atoms with Gasteiger partial charge in [0, 0.05) is 19.3 Å². The number of carboxylic acid groups (broad SMARTS) is 1. The number of nitrogens with zero attached hydrogens (tertiary/aromatic N) is 1. The standard InChI is InChI=1S/C51H91NO7/c1-6-8-10-12-14-16-18-20-22-24-25-26-28-30-32-34-36-38-40-42-50(54)59-47(45-57-44-43-48(51(55)56)52(3,4)5)46-58-49(53)41-39-37-35-33-31-29-27-23-21-19-17-15-13-11-9-7-2/h14,16,18,20,23,27,29,31,47-48H,6-13,15,17,19,21-22,24-26,28,30,32-46H2,1-5H3/p+1/b16-14+,20-18+,27-23+,31-29+. The molecule has 0 aromatic rings. The number of allylic oxidation sites excluding steroid dienone is 8. The molecule has 0 bridgehead atoms. The van der Waals surface area contributed by atoms with Crippen LogP contribution in [0.2, 0.25) is 0 Å². The van der Waals surface area contributed by atoms with Gasteiger partial charge in [0.2, 0.25) is 0 Å². The van der Waals surface area contributed by atoms with Gasteiger partial charge in [0.05, 0.1) is 34.4 Å². The third kappa shape index (κ3) is 40.5. The molecular formula is C51H92NO7+. The number of aliphatic carboxylic acids is 1. The second-order valence-corrected chi connectivity index (χ2v) is 17.4. The number of carboxylic acids is 1. The first-order chi connectivity index (χ1) is 28.6. The third-order valence-electron chi connectivity index (χ3n) is 10.8. The predicted molar refractivity (Wildman–Crippen MR) is 248 cm³/mol. The molecule has 1 N–H and O–H groups in total. The summed E-state index contributed by atoms with van der Waals surface area (Å²) in [7, 11) is 5.52. The molecule has 8 nitrogen and oxygen atoms in total. The number of quaternary nitrogens is 1. The van der Waals surface area contributed by atoms with Crippen molar-refractivity contribution in [3.05, 3.63) is 48.6 Å². The Morgan fingerprint density at radius 3 is 1.32 bits per heavy atom. The number of carbonyl (C=O) groups excluding carboxylic acids is 2. The van der Waals surface area contributed by atoms with Gasteiger partial charge in [-0.25, -0.2) is 4.79 Å². The summed E-state index contributed by atoms with van der Waals surface area (Å²) in [5.41, 5.74) is 0. The summed E-state index contributed by atoms with van der Waals surface area (Å²) in [6.07, 6.45) is 50.1. The van der Waals surface area contributed by atoms with Gasteiger partial charge in [-0.05, 0) is 64.2 Å². The second kappa shape index (κ2) is 42.0. The molecule has 0 aromatic heterocycles. The fraction of sp³-hybridized carbons (Fsp3) is 0.784. The minimum Gasteiger partial charge on any atom is -0.477 e. The number of ether oxygens (including phenoxy) is 3. The van der Waals surface area contributed by atoms with Crippen molar-refractivity contribution in [3.63, 3.8) is 0 Å².